The first kappa shape index (κ1) is 23.5. The monoisotopic (exact) mass is 457 g/mol. The van der Waals surface area contributed by atoms with E-state index in [2.05, 4.69) is 0 Å². The minimum atomic E-state index is -0.585. The summed E-state index contributed by atoms with van der Waals surface area (Å²) in [6.07, 6.45) is 0. The quantitative estimate of drug-likeness (QED) is 0.604. The highest BCUT2D eigenvalue weighted by atomic mass is 32.2. The van der Waals surface area contributed by atoms with Crippen molar-refractivity contribution < 1.29 is 28.5 Å². The number of ether oxygens (including phenoxy) is 4. The van der Waals surface area contributed by atoms with Crippen LogP contribution in [0.1, 0.15) is 23.3 Å². The van der Waals surface area contributed by atoms with E-state index in [9.17, 15) is 9.59 Å². The Morgan fingerprint density at radius 3 is 2.16 bits per heavy atom. The number of methoxy groups -OCH3 is 4. The minimum Gasteiger partial charge on any atom is -0.493 e. The van der Waals surface area contributed by atoms with E-state index in [0.717, 1.165) is 16.0 Å². The molecular weight excluding hydrogens is 430 g/mol. The molecule has 1 atom stereocenters. The van der Waals surface area contributed by atoms with E-state index in [0.29, 0.717) is 24.6 Å². The number of carbonyl (C=O) groups is 2. The smallest absolute Gasteiger partial charge is 0.354 e. The predicted octanol–water partition coefficient (Wildman–Crippen LogP) is 3.97. The fourth-order valence-electron chi connectivity index (χ4n) is 3.68. The van der Waals surface area contributed by atoms with Crippen LogP contribution >= 0.6 is 11.8 Å². The molecule has 0 N–H and O–H groups in total. The van der Waals surface area contributed by atoms with Crippen molar-refractivity contribution in [1.82, 2.24) is 4.90 Å². The Kier molecular flexibility index (Phi) is 7.69. The van der Waals surface area contributed by atoms with Gasteiger partial charge < -0.3 is 23.8 Å². The summed E-state index contributed by atoms with van der Waals surface area (Å²) >= 11 is 1.46. The van der Waals surface area contributed by atoms with Crippen molar-refractivity contribution in [3.63, 3.8) is 0 Å². The Hall–Kier alpha value is -3.13. The third kappa shape index (κ3) is 4.55. The Morgan fingerprint density at radius 2 is 1.59 bits per heavy atom. The number of esters is 2. The van der Waals surface area contributed by atoms with Crippen LogP contribution in [0.5, 0.6) is 11.5 Å². The molecule has 32 heavy (non-hydrogen) atoms. The maximum atomic E-state index is 13.1. The molecule has 0 fully saturated rings. The molecule has 0 saturated heterocycles. The zero-order valence-corrected chi connectivity index (χ0v) is 19.7. The van der Waals surface area contributed by atoms with Crippen molar-refractivity contribution in [3.05, 3.63) is 64.9 Å². The number of carbonyl (C=O) groups excluding carboxylic acids is 2. The van der Waals surface area contributed by atoms with Crippen LogP contribution in [0.4, 0.5) is 0 Å². The molecule has 8 heteroatoms. The number of hydrogen-bond acceptors (Lipinski definition) is 8. The molecule has 0 bridgehead atoms. The van der Waals surface area contributed by atoms with Crippen LogP contribution in [0, 0.1) is 0 Å². The van der Waals surface area contributed by atoms with Gasteiger partial charge in [0.25, 0.3) is 0 Å². The zero-order chi connectivity index (χ0) is 23.3. The molecule has 0 radical (unpaired) electrons. The minimum absolute atomic E-state index is 0.198. The van der Waals surface area contributed by atoms with Gasteiger partial charge in [-0.3, -0.25) is 0 Å². The van der Waals surface area contributed by atoms with E-state index in [1.54, 1.807) is 14.2 Å². The van der Waals surface area contributed by atoms with Crippen molar-refractivity contribution in [2.45, 2.75) is 23.6 Å². The molecule has 0 aliphatic carbocycles. The molecule has 2 aromatic rings. The van der Waals surface area contributed by atoms with Crippen LogP contribution in [-0.4, -0.2) is 51.8 Å². The van der Waals surface area contributed by atoms with Crippen LogP contribution in [0.3, 0.4) is 0 Å². The maximum absolute atomic E-state index is 13.1. The number of nitrogens with zero attached hydrogens (tertiary/aromatic N) is 1. The second-order valence-corrected chi connectivity index (χ2v) is 8.13. The van der Waals surface area contributed by atoms with Gasteiger partial charge in [-0.2, -0.15) is 0 Å². The first-order valence-electron chi connectivity index (χ1n) is 10.1. The molecule has 7 nitrogen and oxygen atoms in total. The van der Waals surface area contributed by atoms with Crippen LogP contribution in [0.2, 0.25) is 0 Å². The third-order valence-electron chi connectivity index (χ3n) is 5.27. The predicted molar refractivity (Wildman–Crippen MR) is 122 cm³/mol. The summed E-state index contributed by atoms with van der Waals surface area (Å²) in [5.41, 5.74) is 2.25. The van der Waals surface area contributed by atoms with Crippen molar-refractivity contribution in [2.24, 2.45) is 0 Å². The van der Waals surface area contributed by atoms with E-state index in [-0.39, 0.29) is 11.3 Å². The molecule has 1 unspecified atom stereocenters. The molecule has 0 aromatic heterocycles. The molecule has 2 aromatic carbocycles. The fraction of sp³-hybridized carbons (Fsp3) is 0.333. The average molecular weight is 458 g/mol. The molecule has 1 heterocycles. The largest absolute Gasteiger partial charge is 0.493 e. The van der Waals surface area contributed by atoms with Crippen LogP contribution in [0.25, 0.3) is 0 Å². The second-order valence-electron chi connectivity index (χ2n) is 6.98. The average Bonchev–Trinajstić information content (AvgIpc) is 2.83. The SMILES string of the molecule is CCN1Cc2cc(OC)c(OC)cc2SC(c2ccccc2)/C(C(=O)OC)=C\1C(=O)OC. The first-order chi connectivity index (χ1) is 15.5. The summed E-state index contributed by atoms with van der Waals surface area (Å²) in [5, 5.41) is -0.510. The van der Waals surface area contributed by atoms with Gasteiger partial charge >= 0.3 is 11.9 Å². The van der Waals surface area contributed by atoms with Gasteiger partial charge in [-0.25, -0.2) is 9.59 Å². The summed E-state index contributed by atoms with van der Waals surface area (Å²) < 4.78 is 21.2. The van der Waals surface area contributed by atoms with E-state index in [4.69, 9.17) is 18.9 Å². The Labute approximate surface area is 192 Å². The summed E-state index contributed by atoms with van der Waals surface area (Å²) in [7, 11) is 5.79. The number of likely N-dealkylation sites (N-methyl/N-ethyl adjacent to an activating group) is 1. The van der Waals surface area contributed by atoms with Gasteiger partial charge in [0.15, 0.2) is 11.5 Å². The van der Waals surface area contributed by atoms with Gasteiger partial charge in [-0.15, -0.1) is 11.8 Å². The van der Waals surface area contributed by atoms with Crippen LogP contribution < -0.4 is 9.47 Å². The van der Waals surface area contributed by atoms with E-state index in [1.165, 1.54) is 26.0 Å². The van der Waals surface area contributed by atoms with Gasteiger partial charge in [0.1, 0.15) is 5.70 Å². The summed E-state index contributed by atoms with van der Waals surface area (Å²) in [5.74, 6) is 0.0225. The van der Waals surface area contributed by atoms with Gasteiger partial charge in [0.2, 0.25) is 0 Å². The van der Waals surface area contributed by atoms with Crippen molar-refractivity contribution in [2.75, 3.05) is 35.0 Å². The van der Waals surface area contributed by atoms with E-state index >= 15 is 0 Å². The molecule has 170 valence electrons. The van der Waals surface area contributed by atoms with Crippen LogP contribution in [0.15, 0.2) is 58.6 Å². The highest BCUT2D eigenvalue weighted by Crippen LogP contribution is 2.48. The van der Waals surface area contributed by atoms with E-state index in [1.807, 2.05) is 54.3 Å². The number of thioether (sulfide) groups is 1. The highest BCUT2D eigenvalue weighted by molar-refractivity contribution is 7.99. The Morgan fingerprint density at radius 1 is 0.969 bits per heavy atom. The van der Waals surface area contributed by atoms with Gasteiger partial charge in [0, 0.05) is 18.0 Å². The number of rotatable bonds is 6. The maximum Gasteiger partial charge on any atom is 0.354 e. The molecule has 0 spiro atoms. The fourth-order valence-corrected chi connectivity index (χ4v) is 5.01. The lowest BCUT2D eigenvalue weighted by Gasteiger charge is -2.33. The zero-order valence-electron chi connectivity index (χ0n) is 18.8. The topological polar surface area (TPSA) is 74.3 Å². The first-order valence-corrected chi connectivity index (χ1v) is 11.0. The van der Waals surface area contributed by atoms with Crippen molar-refractivity contribution >= 4 is 23.7 Å². The van der Waals surface area contributed by atoms with Crippen LogP contribution in [-0.2, 0) is 25.6 Å². The number of benzene rings is 2. The summed E-state index contributed by atoms with van der Waals surface area (Å²) in [4.78, 5) is 28.8. The molecule has 0 amide bonds. The van der Waals surface area contributed by atoms with Crippen molar-refractivity contribution in [3.8, 4) is 11.5 Å². The van der Waals surface area contributed by atoms with Crippen molar-refractivity contribution in [1.29, 1.82) is 0 Å². The van der Waals surface area contributed by atoms with Gasteiger partial charge in [-0.05, 0) is 30.2 Å². The molecular formula is C24H27NO6S. The number of fused-ring (bicyclic) bond motifs is 1. The Bertz CT molecular complexity index is 1020. The molecule has 3 rings (SSSR count). The van der Waals surface area contributed by atoms with Gasteiger partial charge in [0.05, 0.1) is 39.3 Å². The van der Waals surface area contributed by atoms with E-state index < -0.39 is 17.2 Å². The Balaban J connectivity index is 2.34. The third-order valence-corrected chi connectivity index (χ3v) is 6.65. The highest BCUT2D eigenvalue weighted by Gasteiger charge is 2.36. The normalized spacial score (nSPS) is 18.2. The molecule has 0 saturated carbocycles. The lowest BCUT2D eigenvalue weighted by Crippen LogP contribution is -2.33. The standard InChI is InChI=1S/C24H27NO6S/c1-6-25-14-16-12-17(28-2)18(29-3)13-19(16)32-22(15-10-8-7-9-11-15)20(23(26)30-4)21(25)24(27)31-5/h7-13,22H,6,14H2,1-5H3/b21-20+. The lowest BCUT2D eigenvalue weighted by molar-refractivity contribution is -0.141. The molecule has 1 aliphatic heterocycles. The van der Waals surface area contributed by atoms with Gasteiger partial charge in [-0.1, -0.05) is 30.3 Å². The number of hydrogen-bond donors (Lipinski definition) is 0. The second kappa shape index (κ2) is 10.5. The summed E-state index contributed by atoms with van der Waals surface area (Å²) in [6.45, 7) is 2.78. The molecule has 1 aliphatic rings. The lowest BCUT2D eigenvalue weighted by atomic mass is 10.0. The summed E-state index contributed by atoms with van der Waals surface area (Å²) in [6, 6.07) is 13.4.